The van der Waals surface area contributed by atoms with Crippen molar-refractivity contribution in [2.45, 2.75) is 38.8 Å². The summed E-state index contributed by atoms with van der Waals surface area (Å²) in [6.07, 6.45) is 3.34. The van der Waals surface area contributed by atoms with Crippen molar-refractivity contribution in [2.75, 3.05) is 13.1 Å². The summed E-state index contributed by atoms with van der Waals surface area (Å²) in [6, 6.07) is 4.13. The van der Waals surface area contributed by atoms with Gasteiger partial charge in [0.05, 0.1) is 6.04 Å². The third kappa shape index (κ3) is 3.93. The van der Waals surface area contributed by atoms with Crippen molar-refractivity contribution in [3.05, 3.63) is 34.6 Å². The number of piperidine rings is 1. The molecule has 1 heterocycles. The molecule has 1 atom stereocenters. The lowest BCUT2D eigenvalue weighted by Crippen LogP contribution is -2.46. The summed E-state index contributed by atoms with van der Waals surface area (Å²) in [4.78, 5) is 14.1. The Morgan fingerprint density at radius 3 is 2.80 bits per heavy atom. The van der Waals surface area contributed by atoms with Crippen LogP contribution in [0, 0.1) is 5.82 Å². The summed E-state index contributed by atoms with van der Waals surface area (Å²) in [7, 11) is 0. The average Bonchev–Trinajstić information content (AvgIpc) is 2.48. The second kappa shape index (κ2) is 7.04. The van der Waals surface area contributed by atoms with Gasteiger partial charge in [-0.1, -0.05) is 11.6 Å². The van der Waals surface area contributed by atoms with Crippen LogP contribution >= 0.6 is 11.6 Å². The molecule has 0 bridgehead atoms. The molecule has 0 radical (unpaired) electrons. The molecule has 1 unspecified atom stereocenters. The third-order valence-electron chi connectivity index (χ3n) is 3.64. The van der Waals surface area contributed by atoms with E-state index in [-0.39, 0.29) is 17.8 Å². The Kier molecular flexibility index (Phi) is 5.38. The first-order valence-corrected chi connectivity index (χ1v) is 7.42. The highest BCUT2D eigenvalue weighted by atomic mass is 35.5. The van der Waals surface area contributed by atoms with Crippen molar-refractivity contribution in [2.24, 2.45) is 0 Å². The van der Waals surface area contributed by atoms with E-state index < -0.39 is 0 Å². The zero-order chi connectivity index (χ0) is 14.5. The Morgan fingerprint density at radius 2 is 2.10 bits per heavy atom. The Balaban J connectivity index is 1.89. The van der Waals surface area contributed by atoms with E-state index in [2.05, 4.69) is 5.32 Å². The maximum Gasteiger partial charge on any atom is 0.239 e. The Labute approximate surface area is 124 Å². The number of amides is 1. The lowest BCUT2D eigenvalue weighted by Gasteiger charge is -2.29. The van der Waals surface area contributed by atoms with Gasteiger partial charge in [-0.3, -0.25) is 4.79 Å². The van der Waals surface area contributed by atoms with Crippen LogP contribution in [0.1, 0.15) is 31.7 Å². The Morgan fingerprint density at radius 1 is 1.40 bits per heavy atom. The highest BCUT2D eigenvalue weighted by Gasteiger charge is 2.21. The molecule has 2 rings (SSSR count). The average molecular weight is 299 g/mol. The Bertz CT molecular complexity index is 475. The standard InChI is InChI=1S/C15H20ClFN2O/c1-11(15(20)19-7-3-2-4-8-19)18-10-12-9-13(16)5-6-14(12)17/h5-6,9,11,18H,2-4,7-8,10H2,1H3. The van der Waals surface area contributed by atoms with Gasteiger partial charge in [-0.05, 0) is 44.4 Å². The highest BCUT2D eigenvalue weighted by Crippen LogP contribution is 2.15. The van der Waals surface area contributed by atoms with Crippen LogP contribution in [0.4, 0.5) is 4.39 Å². The normalized spacial score (nSPS) is 17.1. The molecular weight excluding hydrogens is 279 g/mol. The number of halogens is 2. The van der Waals surface area contributed by atoms with Gasteiger partial charge in [0, 0.05) is 30.2 Å². The number of hydrogen-bond donors (Lipinski definition) is 1. The van der Waals surface area contributed by atoms with Gasteiger partial charge in [-0.15, -0.1) is 0 Å². The zero-order valence-corrected chi connectivity index (χ0v) is 12.4. The van der Waals surface area contributed by atoms with Gasteiger partial charge in [-0.2, -0.15) is 0 Å². The lowest BCUT2D eigenvalue weighted by molar-refractivity contribution is -0.133. The van der Waals surface area contributed by atoms with Crippen LogP contribution in [0.25, 0.3) is 0 Å². The molecule has 0 aromatic heterocycles. The van der Waals surface area contributed by atoms with Crippen LogP contribution in [0.15, 0.2) is 18.2 Å². The van der Waals surface area contributed by atoms with E-state index >= 15 is 0 Å². The number of carbonyl (C=O) groups is 1. The van der Waals surface area contributed by atoms with Crippen molar-refractivity contribution in [3.8, 4) is 0 Å². The van der Waals surface area contributed by atoms with Crippen LogP contribution in [0.5, 0.6) is 0 Å². The van der Waals surface area contributed by atoms with Crippen molar-refractivity contribution < 1.29 is 9.18 Å². The van der Waals surface area contributed by atoms with Gasteiger partial charge in [0.25, 0.3) is 0 Å². The summed E-state index contributed by atoms with van der Waals surface area (Å²) < 4.78 is 13.6. The van der Waals surface area contributed by atoms with Gasteiger partial charge >= 0.3 is 0 Å². The van der Waals surface area contributed by atoms with Crippen LogP contribution < -0.4 is 5.32 Å². The van der Waals surface area contributed by atoms with Gasteiger partial charge in [0.15, 0.2) is 0 Å². The minimum Gasteiger partial charge on any atom is -0.341 e. The van der Waals surface area contributed by atoms with E-state index in [0.717, 1.165) is 25.9 Å². The fourth-order valence-electron chi connectivity index (χ4n) is 2.42. The van der Waals surface area contributed by atoms with E-state index in [1.807, 2.05) is 11.8 Å². The lowest BCUT2D eigenvalue weighted by atomic mass is 10.1. The Hall–Kier alpha value is -1.13. The van der Waals surface area contributed by atoms with Crippen molar-refractivity contribution in [3.63, 3.8) is 0 Å². The van der Waals surface area contributed by atoms with Crippen molar-refractivity contribution in [1.29, 1.82) is 0 Å². The van der Waals surface area contributed by atoms with E-state index in [1.165, 1.54) is 18.6 Å². The summed E-state index contributed by atoms with van der Waals surface area (Å²) in [5.74, 6) is -0.216. The zero-order valence-electron chi connectivity index (χ0n) is 11.7. The summed E-state index contributed by atoms with van der Waals surface area (Å²) in [6.45, 7) is 3.78. The molecule has 0 aliphatic carbocycles. The van der Waals surface area contributed by atoms with Gasteiger partial charge in [-0.25, -0.2) is 4.39 Å². The number of benzene rings is 1. The molecule has 1 aromatic rings. The van der Waals surface area contributed by atoms with E-state index in [0.29, 0.717) is 17.1 Å². The van der Waals surface area contributed by atoms with Crippen LogP contribution in [0.3, 0.4) is 0 Å². The predicted octanol–water partition coefficient (Wildman–Crippen LogP) is 2.97. The van der Waals surface area contributed by atoms with Crippen LogP contribution in [0.2, 0.25) is 5.02 Å². The van der Waals surface area contributed by atoms with Gasteiger partial charge in [0.2, 0.25) is 5.91 Å². The van der Waals surface area contributed by atoms with Crippen molar-refractivity contribution >= 4 is 17.5 Å². The number of likely N-dealkylation sites (tertiary alicyclic amines) is 1. The molecule has 3 nitrogen and oxygen atoms in total. The summed E-state index contributed by atoms with van der Waals surface area (Å²) in [5, 5.41) is 3.57. The molecule has 0 saturated carbocycles. The first kappa shape index (κ1) is 15.3. The van der Waals surface area contributed by atoms with E-state index in [1.54, 1.807) is 6.07 Å². The first-order chi connectivity index (χ1) is 9.58. The van der Waals surface area contributed by atoms with E-state index in [4.69, 9.17) is 11.6 Å². The molecule has 20 heavy (non-hydrogen) atoms. The minimum atomic E-state index is -0.313. The summed E-state index contributed by atoms with van der Waals surface area (Å²) >= 11 is 5.85. The molecular formula is C15H20ClFN2O. The molecule has 1 amide bonds. The number of hydrogen-bond acceptors (Lipinski definition) is 2. The SMILES string of the molecule is CC(NCc1cc(Cl)ccc1F)C(=O)N1CCCCC1. The van der Waals surface area contributed by atoms with Gasteiger partial charge < -0.3 is 10.2 Å². The topological polar surface area (TPSA) is 32.3 Å². The quantitative estimate of drug-likeness (QED) is 0.927. The first-order valence-electron chi connectivity index (χ1n) is 7.04. The molecule has 1 aliphatic heterocycles. The molecule has 5 heteroatoms. The number of rotatable bonds is 4. The monoisotopic (exact) mass is 298 g/mol. The fourth-order valence-corrected chi connectivity index (χ4v) is 2.61. The number of nitrogens with one attached hydrogen (secondary N) is 1. The maximum atomic E-state index is 13.6. The fraction of sp³-hybridized carbons (Fsp3) is 0.533. The van der Waals surface area contributed by atoms with Crippen LogP contribution in [-0.2, 0) is 11.3 Å². The molecule has 1 fully saturated rings. The predicted molar refractivity (Wildman–Crippen MR) is 78.1 cm³/mol. The smallest absolute Gasteiger partial charge is 0.239 e. The molecule has 1 aliphatic rings. The third-order valence-corrected chi connectivity index (χ3v) is 3.88. The number of nitrogens with zero attached hydrogens (tertiary/aromatic N) is 1. The molecule has 1 N–H and O–H groups in total. The van der Waals surface area contributed by atoms with Gasteiger partial charge in [0.1, 0.15) is 5.82 Å². The summed E-state index contributed by atoms with van der Waals surface area (Å²) in [5.41, 5.74) is 0.482. The largest absolute Gasteiger partial charge is 0.341 e. The second-order valence-corrected chi connectivity index (χ2v) is 5.66. The van der Waals surface area contributed by atoms with Crippen molar-refractivity contribution in [1.82, 2.24) is 10.2 Å². The maximum absolute atomic E-state index is 13.6. The highest BCUT2D eigenvalue weighted by molar-refractivity contribution is 6.30. The van der Waals surface area contributed by atoms with Crippen LogP contribution in [-0.4, -0.2) is 29.9 Å². The molecule has 0 spiro atoms. The van der Waals surface area contributed by atoms with E-state index in [9.17, 15) is 9.18 Å². The number of carbonyl (C=O) groups excluding carboxylic acids is 1. The molecule has 110 valence electrons. The second-order valence-electron chi connectivity index (χ2n) is 5.22. The minimum absolute atomic E-state index is 0.0899. The molecule has 1 aromatic carbocycles. The molecule has 1 saturated heterocycles.